The van der Waals surface area contributed by atoms with Crippen LogP contribution in [0.1, 0.15) is 38.1 Å². The SMILES string of the molecule is CC(C)(C)S(=O)(=O)c1ccc(NC(c2cccc(Cl)c2)c2ccccn2)cn1. The van der Waals surface area contributed by atoms with Crippen molar-refractivity contribution in [2.45, 2.75) is 36.6 Å². The molecule has 2 aromatic heterocycles. The number of nitrogens with one attached hydrogen (secondary N) is 1. The van der Waals surface area contributed by atoms with Gasteiger partial charge in [-0.25, -0.2) is 13.4 Å². The van der Waals surface area contributed by atoms with Crippen molar-refractivity contribution in [2.24, 2.45) is 0 Å². The highest BCUT2D eigenvalue weighted by Crippen LogP contribution is 2.28. The molecule has 3 aromatic rings. The third-order valence-electron chi connectivity index (χ3n) is 4.29. The molecular weight excluding hydrogens is 394 g/mol. The fraction of sp³-hybridized carbons (Fsp3) is 0.238. The predicted octanol–water partition coefficient (Wildman–Crippen LogP) is 4.90. The summed E-state index contributed by atoms with van der Waals surface area (Å²) >= 11 is 6.17. The molecule has 0 saturated heterocycles. The van der Waals surface area contributed by atoms with Crippen molar-refractivity contribution in [1.29, 1.82) is 0 Å². The zero-order valence-electron chi connectivity index (χ0n) is 15.9. The zero-order valence-corrected chi connectivity index (χ0v) is 17.5. The Bertz CT molecular complexity index is 1050. The Morgan fingerprint density at radius 1 is 1.00 bits per heavy atom. The molecule has 1 aromatic carbocycles. The zero-order chi connectivity index (χ0) is 20.4. The molecule has 7 heteroatoms. The molecule has 0 aliphatic rings. The Morgan fingerprint density at radius 3 is 2.36 bits per heavy atom. The first-order valence-electron chi connectivity index (χ1n) is 8.82. The molecule has 0 amide bonds. The Labute approximate surface area is 170 Å². The van der Waals surface area contributed by atoms with Gasteiger partial charge in [-0.1, -0.05) is 29.8 Å². The summed E-state index contributed by atoms with van der Waals surface area (Å²) in [6.45, 7) is 4.98. The van der Waals surface area contributed by atoms with Crippen molar-refractivity contribution >= 4 is 27.1 Å². The van der Waals surface area contributed by atoms with E-state index in [1.165, 1.54) is 12.3 Å². The van der Waals surface area contributed by atoms with Gasteiger partial charge in [-0.3, -0.25) is 4.98 Å². The van der Waals surface area contributed by atoms with E-state index >= 15 is 0 Å². The van der Waals surface area contributed by atoms with Crippen LogP contribution >= 0.6 is 11.6 Å². The van der Waals surface area contributed by atoms with E-state index in [0.29, 0.717) is 10.7 Å². The van der Waals surface area contributed by atoms with Crippen molar-refractivity contribution in [3.8, 4) is 0 Å². The average Bonchev–Trinajstić information content (AvgIpc) is 2.66. The Morgan fingerprint density at radius 2 is 1.79 bits per heavy atom. The molecule has 0 aliphatic heterocycles. The van der Waals surface area contributed by atoms with Gasteiger partial charge in [-0.05, 0) is 62.7 Å². The first-order chi connectivity index (χ1) is 13.2. The van der Waals surface area contributed by atoms with Gasteiger partial charge in [0.05, 0.1) is 28.4 Å². The third-order valence-corrected chi connectivity index (χ3v) is 6.93. The van der Waals surface area contributed by atoms with Gasteiger partial charge in [0.25, 0.3) is 0 Å². The molecule has 0 saturated carbocycles. The van der Waals surface area contributed by atoms with E-state index in [4.69, 9.17) is 11.6 Å². The van der Waals surface area contributed by atoms with E-state index < -0.39 is 14.6 Å². The monoisotopic (exact) mass is 415 g/mol. The molecule has 5 nitrogen and oxygen atoms in total. The lowest BCUT2D eigenvalue weighted by Crippen LogP contribution is -2.28. The fourth-order valence-corrected chi connectivity index (χ4v) is 3.93. The van der Waals surface area contributed by atoms with Crippen LogP contribution in [0.5, 0.6) is 0 Å². The number of hydrogen-bond donors (Lipinski definition) is 1. The number of sulfone groups is 1. The van der Waals surface area contributed by atoms with E-state index in [-0.39, 0.29) is 11.1 Å². The minimum Gasteiger partial charge on any atom is -0.372 e. The Kier molecular flexibility index (Phi) is 5.72. The summed E-state index contributed by atoms with van der Waals surface area (Å²) < 4.78 is 24.2. The van der Waals surface area contributed by atoms with E-state index in [2.05, 4.69) is 15.3 Å². The molecule has 146 valence electrons. The molecule has 2 heterocycles. The van der Waals surface area contributed by atoms with Crippen LogP contribution in [0.15, 0.2) is 72.0 Å². The van der Waals surface area contributed by atoms with E-state index in [0.717, 1.165) is 11.3 Å². The lowest BCUT2D eigenvalue weighted by molar-refractivity contribution is 0.556. The maximum Gasteiger partial charge on any atom is 0.200 e. The maximum absolute atomic E-state index is 12.6. The summed E-state index contributed by atoms with van der Waals surface area (Å²) in [4.78, 5) is 8.63. The summed E-state index contributed by atoms with van der Waals surface area (Å²) in [5.74, 6) is 0. The topological polar surface area (TPSA) is 72.0 Å². The lowest BCUT2D eigenvalue weighted by atomic mass is 10.0. The van der Waals surface area contributed by atoms with Gasteiger partial charge in [-0.2, -0.15) is 0 Å². The van der Waals surface area contributed by atoms with Gasteiger partial charge in [0, 0.05) is 11.2 Å². The van der Waals surface area contributed by atoms with E-state index in [1.807, 2.05) is 42.5 Å². The first kappa shape index (κ1) is 20.3. The summed E-state index contributed by atoms with van der Waals surface area (Å²) in [6.07, 6.45) is 3.25. The third kappa shape index (κ3) is 4.34. The molecule has 1 atom stereocenters. The molecule has 0 spiro atoms. The highest BCUT2D eigenvalue weighted by molar-refractivity contribution is 7.92. The molecule has 3 rings (SSSR count). The largest absolute Gasteiger partial charge is 0.372 e. The minimum atomic E-state index is -3.50. The van der Waals surface area contributed by atoms with Gasteiger partial charge in [-0.15, -0.1) is 0 Å². The molecule has 0 bridgehead atoms. The van der Waals surface area contributed by atoms with Gasteiger partial charge < -0.3 is 5.32 Å². The number of hydrogen-bond acceptors (Lipinski definition) is 5. The molecule has 28 heavy (non-hydrogen) atoms. The van der Waals surface area contributed by atoms with Crippen LogP contribution in [0, 0.1) is 0 Å². The first-order valence-corrected chi connectivity index (χ1v) is 10.7. The quantitative estimate of drug-likeness (QED) is 0.641. The number of aromatic nitrogens is 2. The molecule has 1 unspecified atom stereocenters. The average molecular weight is 416 g/mol. The van der Waals surface area contributed by atoms with E-state index in [1.54, 1.807) is 33.0 Å². The second-order valence-electron chi connectivity index (χ2n) is 7.39. The van der Waals surface area contributed by atoms with Crippen molar-refractivity contribution in [1.82, 2.24) is 9.97 Å². The van der Waals surface area contributed by atoms with Gasteiger partial charge in [0.15, 0.2) is 14.9 Å². The molecule has 0 aliphatic carbocycles. The number of anilines is 1. The van der Waals surface area contributed by atoms with Crippen LogP contribution in [0.3, 0.4) is 0 Å². The Balaban J connectivity index is 1.94. The predicted molar refractivity (Wildman–Crippen MR) is 112 cm³/mol. The molecule has 1 N–H and O–H groups in total. The van der Waals surface area contributed by atoms with Gasteiger partial charge in [0.2, 0.25) is 0 Å². The van der Waals surface area contributed by atoms with Crippen molar-refractivity contribution in [2.75, 3.05) is 5.32 Å². The number of rotatable bonds is 5. The maximum atomic E-state index is 12.6. The number of halogens is 1. The van der Waals surface area contributed by atoms with Crippen LogP contribution in [0.2, 0.25) is 5.02 Å². The lowest BCUT2D eigenvalue weighted by Gasteiger charge is -2.21. The Hall–Kier alpha value is -2.44. The van der Waals surface area contributed by atoms with Crippen LogP contribution in [-0.4, -0.2) is 23.1 Å². The van der Waals surface area contributed by atoms with Crippen LogP contribution < -0.4 is 5.32 Å². The smallest absolute Gasteiger partial charge is 0.200 e. The fourth-order valence-electron chi connectivity index (χ4n) is 2.67. The van der Waals surface area contributed by atoms with Crippen molar-refractivity contribution < 1.29 is 8.42 Å². The molecular formula is C21H22ClN3O2S. The van der Waals surface area contributed by atoms with Crippen molar-refractivity contribution in [3.63, 3.8) is 0 Å². The number of nitrogens with zero attached hydrogens (tertiary/aromatic N) is 2. The standard InChI is InChI=1S/C21H22ClN3O2S/c1-21(2,3)28(26,27)19-11-10-17(14-24-19)25-20(18-9-4-5-12-23-18)15-7-6-8-16(22)13-15/h4-14,20,25H,1-3H3. The summed E-state index contributed by atoms with van der Waals surface area (Å²) in [5, 5.41) is 4.07. The van der Waals surface area contributed by atoms with Gasteiger partial charge in [0.1, 0.15) is 0 Å². The summed E-state index contributed by atoms with van der Waals surface area (Å²) in [5.41, 5.74) is 2.44. The van der Waals surface area contributed by atoms with Crippen LogP contribution in [0.4, 0.5) is 5.69 Å². The van der Waals surface area contributed by atoms with E-state index in [9.17, 15) is 8.42 Å². The summed E-state index contributed by atoms with van der Waals surface area (Å²) in [7, 11) is -3.50. The second-order valence-corrected chi connectivity index (χ2v) is 10.5. The van der Waals surface area contributed by atoms with Crippen LogP contribution in [0.25, 0.3) is 0 Å². The van der Waals surface area contributed by atoms with Crippen LogP contribution in [-0.2, 0) is 9.84 Å². The van der Waals surface area contributed by atoms with Crippen molar-refractivity contribution in [3.05, 3.63) is 83.3 Å². The number of benzene rings is 1. The van der Waals surface area contributed by atoms with Gasteiger partial charge >= 0.3 is 0 Å². The molecule has 0 radical (unpaired) electrons. The second kappa shape index (κ2) is 7.89. The highest BCUT2D eigenvalue weighted by Gasteiger charge is 2.32. The minimum absolute atomic E-state index is 0.0580. The summed E-state index contributed by atoms with van der Waals surface area (Å²) in [6, 6.07) is 16.2. The molecule has 0 fully saturated rings. The normalized spacial score (nSPS) is 13.1. The highest BCUT2D eigenvalue weighted by atomic mass is 35.5. The number of pyridine rings is 2.